The lowest BCUT2D eigenvalue weighted by atomic mass is 10.1. The normalized spacial score (nSPS) is 12.1. The van der Waals surface area contributed by atoms with Gasteiger partial charge in [0.2, 0.25) is 5.91 Å². The molecule has 2 heterocycles. The van der Waals surface area contributed by atoms with Gasteiger partial charge in [-0.25, -0.2) is 14.6 Å². The molecule has 27 heavy (non-hydrogen) atoms. The van der Waals surface area contributed by atoms with Crippen molar-refractivity contribution in [1.82, 2.24) is 24.6 Å². The fraction of sp³-hybridized carbons (Fsp3) is 0.526. The van der Waals surface area contributed by atoms with Crippen molar-refractivity contribution in [2.24, 2.45) is 0 Å². The molecule has 2 aromatic heterocycles. The molecule has 0 aliphatic carbocycles. The second-order valence-corrected chi connectivity index (χ2v) is 6.86. The molecule has 0 saturated heterocycles. The van der Waals surface area contributed by atoms with Crippen LogP contribution in [0.15, 0.2) is 6.07 Å². The van der Waals surface area contributed by atoms with Gasteiger partial charge in [0.05, 0.1) is 12.1 Å². The van der Waals surface area contributed by atoms with E-state index in [-0.39, 0.29) is 24.9 Å². The van der Waals surface area contributed by atoms with E-state index < -0.39 is 5.97 Å². The highest BCUT2D eigenvalue weighted by molar-refractivity contribution is 5.83. The molecule has 0 aromatic carbocycles. The van der Waals surface area contributed by atoms with Crippen LogP contribution in [0, 0.1) is 27.7 Å². The topological polar surface area (TPSA) is 101 Å². The zero-order chi connectivity index (χ0) is 20.3. The number of hydrogen-bond acceptors (Lipinski definition) is 5. The summed E-state index contributed by atoms with van der Waals surface area (Å²) in [5.74, 6) is -0.772. The molecule has 0 bridgehead atoms. The number of carbonyl (C=O) groups is 2. The molecule has 1 unspecified atom stereocenters. The number of aliphatic carboxylic acids is 1. The fourth-order valence-corrected chi connectivity index (χ4v) is 3.04. The van der Waals surface area contributed by atoms with E-state index in [0.29, 0.717) is 18.1 Å². The van der Waals surface area contributed by atoms with Gasteiger partial charge >= 0.3 is 5.97 Å². The van der Waals surface area contributed by atoms with Crippen LogP contribution in [0.2, 0.25) is 0 Å². The first-order valence-electron chi connectivity index (χ1n) is 9.03. The van der Waals surface area contributed by atoms with Gasteiger partial charge in [0, 0.05) is 28.7 Å². The molecule has 1 N–H and O–H groups in total. The van der Waals surface area contributed by atoms with Crippen molar-refractivity contribution in [1.29, 1.82) is 0 Å². The number of nitrogens with zero attached hydrogens (tertiary/aromatic N) is 5. The van der Waals surface area contributed by atoms with Gasteiger partial charge in [-0.15, -0.1) is 0 Å². The van der Waals surface area contributed by atoms with Gasteiger partial charge in [0.15, 0.2) is 0 Å². The van der Waals surface area contributed by atoms with Gasteiger partial charge in [-0.3, -0.25) is 9.59 Å². The third-order valence-electron chi connectivity index (χ3n) is 4.68. The molecule has 0 spiro atoms. The number of carbonyl (C=O) groups excluding carboxylic acids is 1. The molecule has 0 saturated carbocycles. The quantitative estimate of drug-likeness (QED) is 0.798. The third kappa shape index (κ3) is 4.69. The van der Waals surface area contributed by atoms with Crippen molar-refractivity contribution in [3.63, 3.8) is 0 Å². The van der Waals surface area contributed by atoms with E-state index in [2.05, 4.69) is 15.1 Å². The van der Waals surface area contributed by atoms with Gasteiger partial charge in [-0.2, -0.15) is 5.10 Å². The first-order valence-corrected chi connectivity index (χ1v) is 9.03. The van der Waals surface area contributed by atoms with Gasteiger partial charge < -0.3 is 10.0 Å². The molecule has 0 radical (unpaired) electrons. The Morgan fingerprint density at radius 3 is 2.30 bits per heavy atom. The lowest BCUT2D eigenvalue weighted by Crippen LogP contribution is -2.42. The standard InChI is InChI=1S/C19H27N5O3/c1-7-13(4)23(10-18(26)27)17(25)9-16-14(5)22-24(15(16)6)19-20-11(2)8-12(3)21-19/h8,13H,7,9-10H2,1-6H3,(H,26,27). The number of rotatable bonds is 7. The minimum Gasteiger partial charge on any atom is -0.480 e. The minimum atomic E-state index is -1.02. The highest BCUT2D eigenvalue weighted by Crippen LogP contribution is 2.19. The summed E-state index contributed by atoms with van der Waals surface area (Å²) in [6.07, 6.45) is 0.784. The maximum absolute atomic E-state index is 12.8. The molecule has 146 valence electrons. The van der Waals surface area contributed by atoms with Crippen molar-refractivity contribution < 1.29 is 14.7 Å². The van der Waals surface area contributed by atoms with Crippen LogP contribution in [0.1, 0.15) is 48.6 Å². The van der Waals surface area contributed by atoms with E-state index in [9.17, 15) is 9.59 Å². The molecule has 8 nitrogen and oxygen atoms in total. The molecular weight excluding hydrogens is 346 g/mol. The largest absolute Gasteiger partial charge is 0.480 e. The van der Waals surface area contributed by atoms with Gasteiger partial charge in [0.25, 0.3) is 5.95 Å². The van der Waals surface area contributed by atoms with Crippen molar-refractivity contribution in [2.45, 2.75) is 60.4 Å². The Morgan fingerprint density at radius 2 is 1.78 bits per heavy atom. The summed E-state index contributed by atoms with van der Waals surface area (Å²) in [4.78, 5) is 34.2. The lowest BCUT2D eigenvalue weighted by Gasteiger charge is -2.27. The minimum absolute atomic E-state index is 0.0973. The molecule has 0 fully saturated rings. The van der Waals surface area contributed by atoms with Crippen molar-refractivity contribution >= 4 is 11.9 Å². The predicted molar refractivity (Wildman–Crippen MR) is 101 cm³/mol. The average Bonchev–Trinajstić information content (AvgIpc) is 2.86. The Hall–Kier alpha value is -2.77. The van der Waals surface area contributed by atoms with E-state index in [4.69, 9.17) is 5.11 Å². The Kier molecular flexibility index (Phi) is 6.30. The zero-order valence-corrected chi connectivity index (χ0v) is 16.8. The fourth-order valence-electron chi connectivity index (χ4n) is 3.04. The van der Waals surface area contributed by atoms with Crippen molar-refractivity contribution in [2.75, 3.05) is 6.54 Å². The monoisotopic (exact) mass is 373 g/mol. The summed E-state index contributed by atoms with van der Waals surface area (Å²) >= 11 is 0. The molecule has 1 amide bonds. The summed E-state index contributed by atoms with van der Waals surface area (Å²) in [7, 11) is 0. The molecular formula is C19H27N5O3. The first-order chi connectivity index (χ1) is 12.6. The number of hydrogen-bond donors (Lipinski definition) is 1. The SMILES string of the molecule is CCC(C)N(CC(=O)O)C(=O)Cc1c(C)nn(-c2nc(C)cc(C)n2)c1C. The highest BCUT2D eigenvalue weighted by atomic mass is 16.4. The second kappa shape index (κ2) is 8.28. The maximum atomic E-state index is 12.8. The molecule has 0 aliphatic rings. The van der Waals surface area contributed by atoms with Gasteiger partial charge in [-0.1, -0.05) is 6.92 Å². The van der Waals surface area contributed by atoms with Crippen LogP contribution in [0.4, 0.5) is 0 Å². The molecule has 2 aromatic rings. The first kappa shape index (κ1) is 20.5. The molecule has 0 aliphatic heterocycles. The Balaban J connectivity index is 2.35. The number of amides is 1. The van der Waals surface area contributed by atoms with E-state index in [0.717, 1.165) is 22.6 Å². The Bertz CT molecular complexity index is 839. The summed E-state index contributed by atoms with van der Waals surface area (Å²) in [6, 6.07) is 1.74. The van der Waals surface area contributed by atoms with E-state index >= 15 is 0 Å². The Morgan fingerprint density at radius 1 is 1.19 bits per heavy atom. The summed E-state index contributed by atoms with van der Waals surface area (Å²) in [5.41, 5.74) is 3.95. The smallest absolute Gasteiger partial charge is 0.323 e. The summed E-state index contributed by atoms with van der Waals surface area (Å²) in [5, 5.41) is 13.6. The van der Waals surface area contributed by atoms with Crippen LogP contribution < -0.4 is 0 Å². The number of carboxylic acid groups (broad SMARTS) is 1. The van der Waals surface area contributed by atoms with Crippen LogP contribution in [0.3, 0.4) is 0 Å². The highest BCUT2D eigenvalue weighted by Gasteiger charge is 2.25. The van der Waals surface area contributed by atoms with Crippen LogP contribution >= 0.6 is 0 Å². The maximum Gasteiger partial charge on any atom is 0.323 e. The van der Waals surface area contributed by atoms with Gasteiger partial charge in [-0.05, 0) is 47.1 Å². The predicted octanol–water partition coefficient (Wildman–Crippen LogP) is 2.15. The second-order valence-electron chi connectivity index (χ2n) is 6.86. The average molecular weight is 373 g/mol. The van der Waals surface area contributed by atoms with E-state index in [1.54, 1.807) is 4.68 Å². The summed E-state index contributed by atoms with van der Waals surface area (Å²) < 4.78 is 1.64. The third-order valence-corrected chi connectivity index (χ3v) is 4.68. The summed E-state index contributed by atoms with van der Waals surface area (Å²) in [6.45, 7) is 11.0. The Labute approximate surface area is 159 Å². The van der Waals surface area contributed by atoms with Crippen LogP contribution in [0.5, 0.6) is 0 Å². The number of carboxylic acids is 1. The lowest BCUT2D eigenvalue weighted by molar-refractivity contribution is -0.145. The van der Waals surface area contributed by atoms with Crippen LogP contribution in [0.25, 0.3) is 5.95 Å². The molecule has 8 heteroatoms. The van der Waals surface area contributed by atoms with Crippen LogP contribution in [-0.4, -0.2) is 54.2 Å². The van der Waals surface area contributed by atoms with Crippen LogP contribution in [-0.2, 0) is 16.0 Å². The molecule has 1 atom stereocenters. The van der Waals surface area contributed by atoms with Gasteiger partial charge in [0.1, 0.15) is 6.54 Å². The number of aryl methyl sites for hydroxylation is 3. The van der Waals surface area contributed by atoms with Crippen molar-refractivity contribution in [3.8, 4) is 5.95 Å². The van der Waals surface area contributed by atoms with E-state index in [1.165, 1.54) is 4.90 Å². The number of aromatic nitrogens is 4. The van der Waals surface area contributed by atoms with Crippen molar-refractivity contribution in [3.05, 3.63) is 34.4 Å². The van der Waals surface area contributed by atoms with E-state index in [1.807, 2.05) is 47.6 Å². The zero-order valence-electron chi connectivity index (χ0n) is 16.8. The molecule has 2 rings (SSSR count).